The lowest BCUT2D eigenvalue weighted by Gasteiger charge is -2.09. The first-order valence-corrected chi connectivity index (χ1v) is 8.34. The maximum Gasteiger partial charge on any atom is 0.270 e. The molecule has 0 fully saturated rings. The number of hydrogen-bond donors (Lipinski definition) is 2. The molecule has 0 aliphatic rings. The van der Waals surface area contributed by atoms with E-state index in [1.807, 2.05) is 26.0 Å². The molecule has 0 saturated carbocycles. The highest BCUT2D eigenvalue weighted by Gasteiger charge is 2.08. The van der Waals surface area contributed by atoms with Crippen LogP contribution in [0.1, 0.15) is 27.2 Å². The number of hydrogen-bond acceptors (Lipinski definition) is 3. The Balaban J connectivity index is 1.63. The molecule has 1 heterocycles. The van der Waals surface area contributed by atoms with Crippen molar-refractivity contribution in [2.24, 2.45) is 0 Å². The molecule has 2 N–H and O–H groups in total. The van der Waals surface area contributed by atoms with Crippen molar-refractivity contribution in [3.8, 4) is 0 Å². The summed E-state index contributed by atoms with van der Waals surface area (Å²) in [5.74, 6) is -0.681. The monoisotopic (exact) mass is 349 g/mol. The number of nitrogens with zero attached hydrogens (tertiary/aromatic N) is 1. The quantitative estimate of drug-likeness (QED) is 0.712. The minimum atomic E-state index is -0.341. The van der Waals surface area contributed by atoms with Crippen molar-refractivity contribution < 1.29 is 9.18 Å². The van der Waals surface area contributed by atoms with Gasteiger partial charge in [-0.25, -0.2) is 9.37 Å². The fourth-order valence-corrected chi connectivity index (χ4v) is 2.72. The summed E-state index contributed by atoms with van der Waals surface area (Å²) in [5, 5.41) is 5.95. The molecule has 1 amide bonds. The second-order valence-corrected chi connectivity index (χ2v) is 6.21. The standard InChI is InChI=1S/C21H20FN3O/c1-14-9-15(2)11-18(10-14)25-17-7-8-20(23-13-17)21(26)24-12-16-5-3-4-6-19(16)22/h3-11,13,25H,12H2,1-2H3,(H,24,26). The van der Waals surface area contributed by atoms with Crippen LogP contribution < -0.4 is 10.6 Å². The molecule has 5 heteroatoms. The molecule has 0 aliphatic heterocycles. The van der Waals surface area contributed by atoms with Crippen LogP contribution >= 0.6 is 0 Å². The largest absolute Gasteiger partial charge is 0.354 e. The Kier molecular flexibility index (Phi) is 5.27. The van der Waals surface area contributed by atoms with Crippen molar-refractivity contribution in [1.29, 1.82) is 0 Å². The van der Waals surface area contributed by atoms with Gasteiger partial charge in [0.25, 0.3) is 5.91 Å². The molecule has 0 saturated heterocycles. The SMILES string of the molecule is Cc1cc(C)cc(Nc2ccc(C(=O)NCc3ccccc3F)nc2)c1. The lowest BCUT2D eigenvalue weighted by Crippen LogP contribution is -2.24. The predicted molar refractivity (Wildman–Crippen MR) is 101 cm³/mol. The van der Waals surface area contributed by atoms with Crippen LogP contribution in [0.15, 0.2) is 60.8 Å². The van der Waals surface area contributed by atoms with E-state index in [2.05, 4.69) is 21.7 Å². The van der Waals surface area contributed by atoms with Gasteiger partial charge in [-0.1, -0.05) is 24.3 Å². The summed E-state index contributed by atoms with van der Waals surface area (Å²) in [6, 6.07) is 16.0. The molecule has 26 heavy (non-hydrogen) atoms. The number of carbonyl (C=O) groups is 1. The van der Waals surface area contributed by atoms with E-state index in [1.165, 1.54) is 17.2 Å². The number of pyridine rings is 1. The molecule has 0 atom stereocenters. The van der Waals surface area contributed by atoms with E-state index in [0.29, 0.717) is 5.56 Å². The Morgan fingerprint density at radius 1 is 1.00 bits per heavy atom. The molecule has 3 aromatic rings. The number of nitrogens with one attached hydrogen (secondary N) is 2. The lowest BCUT2D eigenvalue weighted by atomic mass is 10.1. The summed E-state index contributed by atoms with van der Waals surface area (Å²) >= 11 is 0. The van der Waals surface area contributed by atoms with E-state index in [4.69, 9.17) is 0 Å². The third kappa shape index (κ3) is 4.45. The highest BCUT2D eigenvalue weighted by molar-refractivity contribution is 5.92. The van der Waals surface area contributed by atoms with E-state index in [-0.39, 0.29) is 24.0 Å². The first-order valence-electron chi connectivity index (χ1n) is 8.34. The van der Waals surface area contributed by atoms with Crippen LogP contribution in [0.3, 0.4) is 0 Å². The van der Waals surface area contributed by atoms with Crippen molar-refractivity contribution >= 4 is 17.3 Å². The van der Waals surface area contributed by atoms with Gasteiger partial charge in [0.2, 0.25) is 0 Å². The topological polar surface area (TPSA) is 54.0 Å². The molecular formula is C21H20FN3O. The van der Waals surface area contributed by atoms with Gasteiger partial charge in [0.1, 0.15) is 11.5 Å². The highest BCUT2D eigenvalue weighted by atomic mass is 19.1. The molecule has 0 unspecified atom stereocenters. The normalized spacial score (nSPS) is 10.4. The van der Waals surface area contributed by atoms with Gasteiger partial charge in [0.05, 0.1) is 11.9 Å². The first kappa shape index (κ1) is 17.6. The van der Waals surface area contributed by atoms with Crippen molar-refractivity contribution in [3.05, 3.63) is 89.0 Å². The number of rotatable bonds is 5. The van der Waals surface area contributed by atoms with Crippen molar-refractivity contribution in [2.45, 2.75) is 20.4 Å². The van der Waals surface area contributed by atoms with Gasteiger partial charge in [-0.2, -0.15) is 0 Å². The number of benzene rings is 2. The Hall–Kier alpha value is -3.21. The lowest BCUT2D eigenvalue weighted by molar-refractivity contribution is 0.0945. The van der Waals surface area contributed by atoms with Crippen LogP contribution in [-0.4, -0.2) is 10.9 Å². The Bertz CT molecular complexity index is 903. The molecule has 0 aliphatic carbocycles. The van der Waals surface area contributed by atoms with Crippen molar-refractivity contribution in [2.75, 3.05) is 5.32 Å². The van der Waals surface area contributed by atoms with Crippen LogP contribution in [0, 0.1) is 19.7 Å². The molecule has 0 bridgehead atoms. The summed E-state index contributed by atoms with van der Waals surface area (Å²) in [4.78, 5) is 16.4. The zero-order chi connectivity index (χ0) is 18.5. The average molecular weight is 349 g/mol. The zero-order valence-corrected chi connectivity index (χ0v) is 14.7. The number of anilines is 2. The van der Waals surface area contributed by atoms with Gasteiger partial charge >= 0.3 is 0 Å². The van der Waals surface area contributed by atoms with Gasteiger partial charge in [-0.3, -0.25) is 4.79 Å². The van der Waals surface area contributed by atoms with Crippen LogP contribution in [0.25, 0.3) is 0 Å². The third-order valence-electron chi connectivity index (χ3n) is 3.90. The van der Waals surface area contributed by atoms with Crippen LogP contribution in [0.4, 0.5) is 15.8 Å². The van der Waals surface area contributed by atoms with Crippen LogP contribution in [-0.2, 0) is 6.54 Å². The second-order valence-electron chi connectivity index (χ2n) is 6.21. The Morgan fingerprint density at radius 3 is 2.38 bits per heavy atom. The maximum absolute atomic E-state index is 13.6. The smallest absolute Gasteiger partial charge is 0.270 e. The zero-order valence-electron chi connectivity index (χ0n) is 14.7. The van der Waals surface area contributed by atoms with E-state index in [1.54, 1.807) is 36.5 Å². The highest BCUT2D eigenvalue weighted by Crippen LogP contribution is 2.19. The number of halogens is 1. The molecular weight excluding hydrogens is 329 g/mol. The summed E-state index contributed by atoms with van der Waals surface area (Å²) in [5.41, 5.74) is 4.83. The molecule has 132 valence electrons. The number of amides is 1. The Morgan fingerprint density at radius 2 is 1.73 bits per heavy atom. The average Bonchev–Trinajstić information content (AvgIpc) is 2.60. The predicted octanol–water partition coefficient (Wildman–Crippen LogP) is 4.51. The van der Waals surface area contributed by atoms with E-state index >= 15 is 0 Å². The fraction of sp³-hybridized carbons (Fsp3) is 0.143. The van der Waals surface area contributed by atoms with Crippen LogP contribution in [0.2, 0.25) is 0 Å². The molecule has 0 radical (unpaired) electrons. The number of aryl methyl sites for hydroxylation is 2. The van der Waals surface area contributed by atoms with Crippen molar-refractivity contribution in [1.82, 2.24) is 10.3 Å². The Labute approximate surface area is 152 Å². The number of aromatic nitrogens is 1. The van der Waals surface area contributed by atoms with E-state index in [0.717, 1.165) is 11.4 Å². The van der Waals surface area contributed by atoms with Gasteiger partial charge in [0.15, 0.2) is 0 Å². The van der Waals surface area contributed by atoms with Crippen molar-refractivity contribution in [3.63, 3.8) is 0 Å². The summed E-state index contributed by atoms with van der Waals surface area (Å²) < 4.78 is 13.6. The third-order valence-corrected chi connectivity index (χ3v) is 3.90. The summed E-state index contributed by atoms with van der Waals surface area (Å²) in [7, 11) is 0. The van der Waals surface area contributed by atoms with E-state index in [9.17, 15) is 9.18 Å². The minimum absolute atomic E-state index is 0.121. The van der Waals surface area contributed by atoms with Gasteiger partial charge in [0, 0.05) is 17.8 Å². The molecule has 1 aromatic heterocycles. The van der Waals surface area contributed by atoms with Gasteiger partial charge < -0.3 is 10.6 Å². The number of carbonyl (C=O) groups excluding carboxylic acids is 1. The second kappa shape index (κ2) is 7.78. The maximum atomic E-state index is 13.6. The molecule has 0 spiro atoms. The fourth-order valence-electron chi connectivity index (χ4n) is 2.72. The van der Waals surface area contributed by atoms with Crippen LogP contribution in [0.5, 0.6) is 0 Å². The molecule has 3 rings (SSSR count). The molecule has 4 nitrogen and oxygen atoms in total. The molecule has 2 aromatic carbocycles. The first-order chi connectivity index (χ1) is 12.5. The van der Waals surface area contributed by atoms with Gasteiger partial charge in [-0.05, 0) is 55.3 Å². The summed E-state index contributed by atoms with van der Waals surface area (Å²) in [6.45, 7) is 4.20. The van der Waals surface area contributed by atoms with Gasteiger partial charge in [-0.15, -0.1) is 0 Å². The summed E-state index contributed by atoms with van der Waals surface area (Å²) in [6.07, 6.45) is 1.61. The van der Waals surface area contributed by atoms with E-state index < -0.39 is 0 Å². The minimum Gasteiger partial charge on any atom is -0.354 e.